The minimum Gasteiger partial charge on any atom is -0.271 e. The van der Waals surface area contributed by atoms with Crippen molar-refractivity contribution < 1.29 is 0 Å². The van der Waals surface area contributed by atoms with Crippen molar-refractivity contribution in [3.63, 3.8) is 0 Å². The van der Waals surface area contributed by atoms with Crippen LogP contribution in [0, 0.1) is 13.8 Å². The molecule has 0 aliphatic heterocycles. The number of hydrogen-bond acceptors (Lipinski definition) is 2. The molecule has 0 heterocycles. The van der Waals surface area contributed by atoms with Crippen LogP contribution in [0.1, 0.15) is 48.4 Å². The Labute approximate surface area is 104 Å². The molecule has 0 radical (unpaired) electrons. The van der Waals surface area contributed by atoms with E-state index in [9.17, 15) is 0 Å². The third-order valence-corrected chi connectivity index (χ3v) is 3.82. The van der Waals surface area contributed by atoms with Crippen LogP contribution in [0.5, 0.6) is 0 Å². The van der Waals surface area contributed by atoms with Gasteiger partial charge in [-0.25, -0.2) is 5.43 Å². The molecule has 2 heteroatoms. The first-order valence-corrected chi connectivity index (χ1v) is 6.45. The maximum atomic E-state index is 5.76. The Morgan fingerprint density at radius 2 is 2.06 bits per heavy atom. The van der Waals surface area contributed by atoms with Crippen molar-refractivity contribution in [1.29, 1.82) is 0 Å². The van der Waals surface area contributed by atoms with E-state index in [2.05, 4.69) is 43.5 Å². The van der Waals surface area contributed by atoms with Crippen molar-refractivity contribution in [2.24, 2.45) is 5.84 Å². The van der Waals surface area contributed by atoms with Gasteiger partial charge < -0.3 is 0 Å². The largest absolute Gasteiger partial charge is 0.271 e. The van der Waals surface area contributed by atoms with Crippen LogP contribution in [-0.2, 0) is 0 Å². The van der Waals surface area contributed by atoms with Gasteiger partial charge in [-0.3, -0.25) is 5.84 Å². The number of aryl methyl sites for hydroxylation is 1. The lowest BCUT2D eigenvalue weighted by molar-refractivity contribution is 0.563. The number of hydrogen-bond donors (Lipinski definition) is 2. The fraction of sp³-hybridized carbons (Fsp3) is 0.467. The molecule has 1 unspecified atom stereocenters. The van der Waals surface area contributed by atoms with Crippen molar-refractivity contribution in [1.82, 2.24) is 5.43 Å². The van der Waals surface area contributed by atoms with E-state index >= 15 is 0 Å². The average molecular weight is 230 g/mol. The Morgan fingerprint density at radius 3 is 2.71 bits per heavy atom. The second kappa shape index (κ2) is 5.48. The summed E-state index contributed by atoms with van der Waals surface area (Å²) in [4.78, 5) is 0. The minimum absolute atomic E-state index is 0.190. The first-order valence-electron chi connectivity index (χ1n) is 6.45. The van der Waals surface area contributed by atoms with E-state index in [4.69, 9.17) is 5.84 Å². The fourth-order valence-electron chi connectivity index (χ4n) is 2.61. The highest BCUT2D eigenvalue weighted by Gasteiger charge is 2.18. The Balaban J connectivity index is 2.34. The van der Waals surface area contributed by atoms with Gasteiger partial charge in [0.1, 0.15) is 0 Å². The summed E-state index contributed by atoms with van der Waals surface area (Å²) in [6.07, 6.45) is 7.32. The van der Waals surface area contributed by atoms with Crippen LogP contribution >= 0.6 is 0 Å². The molecule has 1 aromatic rings. The first-order chi connectivity index (χ1) is 8.24. The fourth-order valence-corrected chi connectivity index (χ4v) is 2.61. The second-order valence-electron chi connectivity index (χ2n) is 4.91. The summed E-state index contributed by atoms with van der Waals surface area (Å²) in [5.74, 6) is 5.76. The molecule has 2 nitrogen and oxygen atoms in total. The summed E-state index contributed by atoms with van der Waals surface area (Å²) in [5, 5.41) is 0. The van der Waals surface area contributed by atoms with Gasteiger partial charge in [0.05, 0.1) is 6.04 Å². The maximum absolute atomic E-state index is 5.76. The highest BCUT2D eigenvalue weighted by Crippen LogP contribution is 2.31. The quantitative estimate of drug-likeness (QED) is 0.475. The zero-order valence-electron chi connectivity index (χ0n) is 10.8. The van der Waals surface area contributed by atoms with Crippen LogP contribution in [0.2, 0.25) is 0 Å². The molecule has 3 N–H and O–H groups in total. The summed E-state index contributed by atoms with van der Waals surface area (Å²) >= 11 is 0. The lowest BCUT2D eigenvalue weighted by Crippen LogP contribution is -2.30. The third-order valence-electron chi connectivity index (χ3n) is 3.82. The van der Waals surface area contributed by atoms with Gasteiger partial charge in [0, 0.05) is 0 Å². The number of nitrogens with one attached hydrogen (secondary N) is 1. The minimum atomic E-state index is 0.190. The molecule has 92 valence electrons. The molecular weight excluding hydrogens is 208 g/mol. The van der Waals surface area contributed by atoms with E-state index in [0.717, 1.165) is 0 Å². The zero-order chi connectivity index (χ0) is 12.3. The van der Waals surface area contributed by atoms with Gasteiger partial charge in [-0.2, -0.15) is 0 Å². The van der Waals surface area contributed by atoms with Gasteiger partial charge in [0.15, 0.2) is 0 Å². The van der Waals surface area contributed by atoms with Gasteiger partial charge in [-0.15, -0.1) is 0 Å². The van der Waals surface area contributed by atoms with Gasteiger partial charge in [0.2, 0.25) is 0 Å². The highest BCUT2D eigenvalue weighted by atomic mass is 15.2. The topological polar surface area (TPSA) is 38.0 Å². The lowest BCUT2D eigenvalue weighted by Gasteiger charge is -2.25. The monoisotopic (exact) mass is 230 g/mol. The number of benzene rings is 1. The van der Waals surface area contributed by atoms with Gasteiger partial charge >= 0.3 is 0 Å². The van der Waals surface area contributed by atoms with E-state index < -0.39 is 0 Å². The van der Waals surface area contributed by atoms with Crippen molar-refractivity contribution in [3.05, 3.63) is 46.5 Å². The molecule has 2 rings (SSSR count). The SMILES string of the molecule is Cc1cccc(C(NN)C2=CCCCC2)c1C. The Kier molecular flexibility index (Phi) is 3.97. The molecule has 1 aliphatic carbocycles. The standard InChI is InChI=1S/C15H22N2/c1-11-7-6-10-14(12(11)2)15(17-16)13-8-4-3-5-9-13/h6-8,10,15,17H,3-5,9,16H2,1-2H3. The van der Waals surface area contributed by atoms with Crippen molar-refractivity contribution in [2.75, 3.05) is 0 Å². The lowest BCUT2D eigenvalue weighted by atomic mass is 9.87. The van der Waals surface area contributed by atoms with Crippen LogP contribution < -0.4 is 11.3 Å². The van der Waals surface area contributed by atoms with Gasteiger partial charge in [-0.05, 0) is 56.2 Å². The predicted molar refractivity (Wildman–Crippen MR) is 72.5 cm³/mol. The number of rotatable bonds is 3. The van der Waals surface area contributed by atoms with Crippen molar-refractivity contribution in [3.8, 4) is 0 Å². The summed E-state index contributed by atoms with van der Waals surface area (Å²) in [6, 6.07) is 6.64. The molecule has 0 saturated heterocycles. The van der Waals surface area contributed by atoms with Crippen LogP contribution in [0.15, 0.2) is 29.8 Å². The molecule has 0 bridgehead atoms. The van der Waals surface area contributed by atoms with E-state index in [1.165, 1.54) is 47.9 Å². The van der Waals surface area contributed by atoms with Gasteiger partial charge in [-0.1, -0.05) is 29.8 Å². The molecule has 0 spiro atoms. The maximum Gasteiger partial charge on any atom is 0.0672 e. The molecule has 0 aromatic heterocycles. The molecule has 1 aliphatic rings. The molecule has 17 heavy (non-hydrogen) atoms. The average Bonchev–Trinajstić information content (AvgIpc) is 2.37. The Bertz CT molecular complexity index is 421. The summed E-state index contributed by atoms with van der Waals surface area (Å²) in [5.41, 5.74) is 8.44. The molecule has 1 aromatic carbocycles. The summed E-state index contributed by atoms with van der Waals surface area (Å²) < 4.78 is 0. The molecule has 0 amide bonds. The molecule has 0 saturated carbocycles. The van der Waals surface area contributed by atoms with E-state index in [-0.39, 0.29) is 6.04 Å². The first kappa shape index (κ1) is 12.3. The number of allylic oxidation sites excluding steroid dienone is 1. The van der Waals surface area contributed by atoms with Crippen molar-refractivity contribution in [2.45, 2.75) is 45.6 Å². The Morgan fingerprint density at radius 1 is 1.24 bits per heavy atom. The molecule has 0 fully saturated rings. The van der Waals surface area contributed by atoms with Crippen LogP contribution in [0.25, 0.3) is 0 Å². The number of hydrazine groups is 1. The van der Waals surface area contributed by atoms with Crippen LogP contribution in [-0.4, -0.2) is 0 Å². The molecular formula is C15H22N2. The smallest absolute Gasteiger partial charge is 0.0672 e. The number of nitrogens with two attached hydrogens (primary N) is 1. The van der Waals surface area contributed by atoms with Crippen LogP contribution in [0.3, 0.4) is 0 Å². The molecule has 1 atom stereocenters. The predicted octanol–water partition coefficient (Wildman–Crippen LogP) is 3.31. The normalized spacial score (nSPS) is 17.7. The highest BCUT2D eigenvalue weighted by molar-refractivity contribution is 5.39. The summed E-state index contributed by atoms with van der Waals surface area (Å²) in [7, 11) is 0. The van der Waals surface area contributed by atoms with E-state index in [0.29, 0.717) is 0 Å². The third kappa shape index (κ3) is 2.59. The van der Waals surface area contributed by atoms with Gasteiger partial charge in [0.25, 0.3) is 0 Å². The second-order valence-corrected chi connectivity index (χ2v) is 4.91. The van der Waals surface area contributed by atoms with E-state index in [1.807, 2.05) is 0 Å². The Hall–Kier alpha value is -1.12. The van der Waals surface area contributed by atoms with Crippen molar-refractivity contribution >= 4 is 0 Å². The van der Waals surface area contributed by atoms with Crippen LogP contribution in [0.4, 0.5) is 0 Å². The zero-order valence-corrected chi connectivity index (χ0v) is 10.8. The van der Waals surface area contributed by atoms with E-state index in [1.54, 1.807) is 0 Å². The summed E-state index contributed by atoms with van der Waals surface area (Å²) in [6.45, 7) is 4.33.